The van der Waals surface area contributed by atoms with E-state index in [0.29, 0.717) is 22.2 Å². The summed E-state index contributed by atoms with van der Waals surface area (Å²) < 4.78 is 0. The molecule has 0 aliphatic carbocycles. The number of aromatic amines is 1. The first-order chi connectivity index (χ1) is 12.6. The number of anilines is 2. The maximum atomic E-state index is 12.5. The van der Waals surface area contributed by atoms with Crippen molar-refractivity contribution < 1.29 is 4.79 Å². The Labute approximate surface area is 158 Å². The van der Waals surface area contributed by atoms with Crippen LogP contribution in [0.1, 0.15) is 0 Å². The smallest absolute Gasteiger partial charge is 0.326 e. The molecule has 4 rings (SSSR count). The zero-order valence-electron chi connectivity index (χ0n) is 13.7. The molecule has 2 amide bonds. The molecule has 4 aromatic rings. The van der Waals surface area contributed by atoms with Crippen LogP contribution in [0.2, 0.25) is 5.02 Å². The molecular weight excluding hydrogens is 370 g/mol. The van der Waals surface area contributed by atoms with E-state index in [1.54, 1.807) is 30.8 Å². The molecule has 0 saturated heterocycles. The number of H-pyrrole nitrogens is 1. The first-order valence-corrected chi connectivity index (χ1v) is 9.11. The number of imidazole rings is 1. The van der Waals surface area contributed by atoms with Gasteiger partial charge in [0.25, 0.3) is 0 Å². The molecule has 2 aromatic heterocycles. The van der Waals surface area contributed by atoms with Crippen LogP contribution in [0, 0.1) is 0 Å². The zero-order chi connectivity index (χ0) is 18.1. The second-order valence-corrected chi connectivity index (χ2v) is 6.82. The lowest BCUT2D eigenvalue weighted by atomic mass is 10.2. The van der Waals surface area contributed by atoms with Gasteiger partial charge in [-0.3, -0.25) is 4.90 Å². The quantitative estimate of drug-likeness (QED) is 0.522. The molecule has 2 aromatic carbocycles. The number of nitrogens with zero attached hydrogens (tertiary/aromatic N) is 3. The molecule has 8 heteroatoms. The fourth-order valence-electron chi connectivity index (χ4n) is 2.55. The molecule has 2 N–H and O–H groups in total. The summed E-state index contributed by atoms with van der Waals surface area (Å²) in [7, 11) is 1.69. The van der Waals surface area contributed by atoms with Gasteiger partial charge in [0.1, 0.15) is 5.69 Å². The third-order valence-corrected chi connectivity index (χ3v) is 4.73. The van der Waals surface area contributed by atoms with Crippen molar-refractivity contribution >= 4 is 51.4 Å². The largest absolute Gasteiger partial charge is 0.337 e. The van der Waals surface area contributed by atoms with Crippen LogP contribution in [0.25, 0.3) is 22.6 Å². The lowest BCUT2D eigenvalue weighted by Gasteiger charge is -2.18. The minimum absolute atomic E-state index is 0.258. The average molecular weight is 384 g/mol. The highest BCUT2D eigenvalue weighted by Crippen LogP contribution is 2.24. The van der Waals surface area contributed by atoms with Gasteiger partial charge in [0, 0.05) is 28.8 Å². The number of thiazole rings is 1. The van der Waals surface area contributed by atoms with E-state index in [4.69, 9.17) is 11.6 Å². The van der Waals surface area contributed by atoms with Crippen LogP contribution in [-0.2, 0) is 0 Å². The summed E-state index contributed by atoms with van der Waals surface area (Å²) in [4.78, 5) is 26.0. The third kappa shape index (κ3) is 3.26. The topological polar surface area (TPSA) is 73.9 Å². The summed E-state index contributed by atoms with van der Waals surface area (Å²) in [6.07, 6.45) is 0. The van der Waals surface area contributed by atoms with Gasteiger partial charge >= 0.3 is 6.03 Å². The van der Waals surface area contributed by atoms with Gasteiger partial charge < -0.3 is 10.3 Å². The number of fused-ring (bicyclic) bond motifs is 1. The first-order valence-electron chi connectivity index (χ1n) is 7.79. The van der Waals surface area contributed by atoms with Crippen LogP contribution in [0.4, 0.5) is 16.2 Å². The number of carbonyl (C=O) groups is 1. The summed E-state index contributed by atoms with van der Waals surface area (Å²) in [5.74, 6) is 0.709. The highest BCUT2D eigenvalue weighted by molar-refractivity contribution is 7.07. The molecule has 0 radical (unpaired) electrons. The molecule has 0 atom stereocenters. The Morgan fingerprint density at radius 2 is 2.15 bits per heavy atom. The molecule has 6 nitrogen and oxygen atoms in total. The first kappa shape index (κ1) is 16.6. The fraction of sp³-hybridized carbons (Fsp3) is 0.0556. The number of amides is 2. The predicted octanol–water partition coefficient (Wildman–Crippen LogP) is 5.01. The van der Waals surface area contributed by atoms with E-state index >= 15 is 0 Å². The summed E-state index contributed by atoms with van der Waals surface area (Å²) >= 11 is 7.50. The summed E-state index contributed by atoms with van der Waals surface area (Å²) in [6, 6.07) is 12.4. The van der Waals surface area contributed by atoms with E-state index < -0.39 is 0 Å². The number of halogens is 1. The minimum Gasteiger partial charge on any atom is -0.337 e. The van der Waals surface area contributed by atoms with Gasteiger partial charge in [0.2, 0.25) is 0 Å². The number of nitrogens with one attached hydrogen (secondary N) is 2. The lowest BCUT2D eigenvalue weighted by Crippen LogP contribution is -2.31. The fourth-order valence-corrected chi connectivity index (χ4v) is 3.27. The number of rotatable bonds is 3. The molecule has 26 heavy (non-hydrogen) atoms. The molecule has 0 fully saturated rings. The van der Waals surface area contributed by atoms with E-state index in [-0.39, 0.29) is 6.03 Å². The van der Waals surface area contributed by atoms with Gasteiger partial charge in [0.15, 0.2) is 5.82 Å². The van der Waals surface area contributed by atoms with Crippen LogP contribution in [0.15, 0.2) is 53.4 Å². The monoisotopic (exact) mass is 383 g/mol. The molecule has 0 bridgehead atoms. The van der Waals surface area contributed by atoms with Gasteiger partial charge in [-0.2, -0.15) is 0 Å². The SMILES string of the molecule is CN(C(=O)Nc1ccc2nc(-c3cscn3)[nH]c2c1)c1cccc(Cl)c1. The number of aromatic nitrogens is 3. The predicted molar refractivity (Wildman–Crippen MR) is 106 cm³/mol. The molecule has 130 valence electrons. The summed E-state index contributed by atoms with van der Waals surface area (Å²) in [6.45, 7) is 0. The number of hydrogen-bond donors (Lipinski definition) is 2. The summed E-state index contributed by atoms with van der Waals surface area (Å²) in [5.41, 5.74) is 5.59. The lowest BCUT2D eigenvalue weighted by molar-refractivity contribution is 0.258. The van der Waals surface area contributed by atoms with Crippen LogP contribution in [0.3, 0.4) is 0 Å². The molecule has 0 unspecified atom stereocenters. The van der Waals surface area contributed by atoms with Gasteiger partial charge in [-0.15, -0.1) is 11.3 Å². The third-order valence-electron chi connectivity index (χ3n) is 3.91. The Morgan fingerprint density at radius 3 is 2.92 bits per heavy atom. The van der Waals surface area contributed by atoms with E-state index in [1.807, 2.05) is 29.6 Å². The van der Waals surface area contributed by atoms with Crippen molar-refractivity contribution in [3.8, 4) is 11.5 Å². The number of urea groups is 1. The van der Waals surface area contributed by atoms with Crippen molar-refractivity contribution in [1.29, 1.82) is 0 Å². The van der Waals surface area contributed by atoms with Crippen molar-refractivity contribution in [2.75, 3.05) is 17.3 Å². The standard InChI is InChI=1S/C18H14ClN5OS/c1-24(13-4-2-3-11(19)7-13)18(25)21-12-5-6-14-15(8-12)23-17(22-14)16-9-26-10-20-16/h2-10H,1H3,(H,21,25)(H,22,23). The Hall–Kier alpha value is -2.90. The maximum Gasteiger partial charge on any atom is 0.326 e. The van der Waals surface area contributed by atoms with Crippen LogP contribution in [-0.4, -0.2) is 28.0 Å². The Kier molecular flexibility index (Phi) is 4.32. The van der Waals surface area contributed by atoms with Crippen molar-refractivity contribution in [2.45, 2.75) is 0 Å². The van der Waals surface area contributed by atoms with Crippen molar-refractivity contribution in [2.24, 2.45) is 0 Å². The van der Waals surface area contributed by atoms with Crippen LogP contribution < -0.4 is 10.2 Å². The molecule has 0 saturated carbocycles. The van der Waals surface area contributed by atoms with E-state index in [1.165, 1.54) is 16.2 Å². The van der Waals surface area contributed by atoms with E-state index in [2.05, 4.69) is 20.3 Å². The van der Waals surface area contributed by atoms with Gasteiger partial charge in [-0.25, -0.2) is 14.8 Å². The molecule has 0 aliphatic heterocycles. The summed E-state index contributed by atoms with van der Waals surface area (Å²) in [5, 5.41) is 5.39. The highest BCUT2D eigenvalue weighted by atomic mass is 35.5. The highest BCUT2D eigenvalue weighted by Gasteiger charge is 2.13. The van der Waals surface area contributed by atoms with E-state index in [0.717, 1.165) is 16.7 Å². The van der Waals surface area contributed by atoms with Gasteiger partial charge in [-0.05, 0) is 36.4 Å². The molecule has 2 heterocycles. The minimum atomic E-state index is -0.258. The number of hydrogen-bond acceptors (Lipinski definition) is 4. The molecule has 0 spiro atoms. The maximum absolute atomic E-state index is 12.5. The Balaban J connectivity index is 1.56. The van der Waals surface area contributed by atoms with Crippen molar-refractivity contribution in [3.63, 3.8) is 0 Å². The number of benzene rings is 2. The zero-order valence-corrected chi connectivity index (χ0v) is 15.3. The van der Waals surface area contributed by atoms with Gasteiger partial charge in [0.05, 0.1) is 16.5 Å². The van der Waals surface area contributed by atoms with Gasteiger partial charge in [-0.1, -0.05) is 17.7 Å². The normalized spacial score (nSPS) is 10.8. The van der Waals surface area contributed by atoms with Crippen molar-refractivity contribution in [1.82, 2.24) is 15.0 Å². The Morgan fingerprint density at radius 1 is 1.27 bits per heavy atom. The van der Waals surface area contributed by atoms with E-state index in [9.17, 15) is 4.79 Å². The average Bonchev–Trinajstić information content (AvgIpc) is 3.30. The van der Waals surface area contributed by atoms with Crippen LogP contribution in [0.5, 0.6) is 0 Å². The van der Waals surface area contributed by atoms with Crippen LogP contribution >= 0.6 is 22.9 Å². The number of carbonyl (C=O) groups excluding carboxylic acids is 1. The Bertz CT molecular complexity index is 1080. The second-order valence-electron chi connectivity index (χ2n) is 5.66. The molecular formula is C18H14ClN5OS. The second kappa shape index (κ2) is 6.78. The molecule has 0 aliphatic rings. The van der Waals surface area contributed by atoms with Crippen molar-refractivity contribution in [3.05, 3.63) is 58.4 Å².